The summed E-state index contributed by atoms with van der Waals surface area (Å²) in [5.41, 5.74) is 3.63. The maximum Gasteiger partial charge on any atom is 0.0668 e. The predicted molar refractivity (Wildman–Crippen MR) is 47.3 cm³/mol. The molecule has 1 aromatic heterocycles. The van der Waals surface area contributed by atoms with Gasteiger partial charge in [0.05, 0.1) is 5.69 Å². The van der Waals surface area contributed by atoms with Crippen LogP contribution in [0.1, 0.15) is 25.1 Å². The molecule has 0 aliphatic carbocycles. The van der Waals surface area contributed by atoms with Crippen molar-refractivity contribution in [2.75, 3.05) is 0 Å². The van der Waals surface area contributed by atoms with E-state index >= 15 is 0 Å². The molecular formula is C9H14N2. The van der Waals surface area contributed by atoms with Crippen molar-refractivity contribution < 1.29 is 0 Å². The van der Waals surface area contributed by atoms with Crippen molar-refractivity contribution in [2.24, 2.45) is 7.05 Å². The van der Waals surface area contributed by atoms with Crippen molar-refractivity contribution in [3.8, 4) is 0 Å². The van der Waals surface area contributed by atoms with E-state index in [1.54, 1.807) is 0 Å². The van der Waals surface area contributed by atoms with Gasteiger partial charge in [0, 0.05) is 18.8 Å². The highest BCUT2D eigenvalue weighted by molar-refractivity contribution is 5.64. The van der Waals surface area contributed by atoms with Crippen molar-refractivity contribution in [3.63, 3.8) is 0 Å². The van der Waals surface area contributed by atoms with Crippen LogP contribution in [0.4, 0.5) is 0 Å². The van der Waals surface area contributed by atoms with Gasteiger partial charge in [-0.05, 0) is 26.3 Å². The Kier molecular flexibility index (Phi) is 2.13. The van der Waals surface area contributed by atoms with E-state index in [4.69, 9.17) is 0 Å². The molecule has 60 valence electrons. The normalized spacial score (nSPS) is 12.2. The Hall–Kier alpha value is -1.05. The highest BCUT2D eigenvalue weighted by Gasteiger charge is 2.02. The van der Waals surface area contributed by atoms with Gasteiger partial charge in [-0.2, -0.15) is 5.10 Å². The van der Waals surface area contributed by atoms with Gasteiger partial charge in [-0.25, -0.2) is 0 Å². The molecule has 0 saturated carbocycles. The van der Waals surface area contributed by atoms with Crippen LogP contribution in [0.2, 0.25) is 0 Å². The molecule has 0 aliphatic rings. The van der Waals surface area contributed by atoms with Crippen molar-refractivity contribution in [1.82, 2.24) is 9.78 Å². The van der Waals surface area contributed by atoms with Gasteiger partial charge >= 0.3 is 0 Å². The summed E-state index contributed by atoms with van der Waals surface area (Å²) in [5.74, 6) is 0. The molecule has 1 aromatic rings. The monoisotopic (exact) mass is 150 g/mol. The third kappa shape index (κ3) is 1.50. The van der Waals surface area contributed by atoms with E-state index in [1.165, 1.54) is 11.1 Å². The molecule has 0 radical (unpaired) electrons. The van der Waals surface area contributed by atoms with Crippen LogP contribution in [0.5, 0.6) is 0 Å². The first-order chi connectivity index (χ1) is 5.15. The first-order valence-electron chi connectivity index (χ1n) is 3.78. The lowest BCUT2D eigenvalue weighted by Crippen LogP contribution is -1.86. The van der Waals surface area contributed by atoms with Crippen LogP contribution in [-0.4, -0.2) is 9.78 Å². The van der Waals surface area contributed by atoms with E-state index in [-0.39, 0.29) is 0 Å². The molecule has 0 N–H and O–H groups in total. The lowest BCUT2D eigenvalue weighted by Gasteiger charge is -1.94. The minimum Gasteiger partial charge on any atom is -0.275 e. The third-order valence-corrected chi connectivity index (χ3v) is 1.87. The van der Waals surface area contributed by atoms with Gasteiger partial charge in [0.2, 0.25) is 0 Å². The first kappa shape index (κ1) is 8.05. The predicted octanol–water partition coefficient (Wildman–Crippen LogP) is 2.15. The highest BCUT2D eigenvalue weighted by Crippen LogP contribution is 2.15. The Morgan fingerprint density at radius 1 is 1.64 bits per heavy atom. The van der Waals surface area contributed by atoms with E-state index < -0.39 is 0 Å². The van der Waals surface area contributed by atoms with E-state index in [9.17, 15) is 0 Å². The summed E-state index contributed by atoms with van der Waals surface area (Å²) in [7, 11) is 1.94. The third-order valence-electron chi connectivity index (χ3n) is 1.87. The largest absolute Gasteiger partial charge is 0.275 e. The molecular weight excluding hydrogens is 136 g/mol. The zero-order valence-electron chi connectivity index (χ0n) is 7.55. The number of hydrogen-bond donors (Lipinski definition) is 0. The van der Waals surface area contributed by atoms with E-state index in [2.05, 4.69) is 18.1 Å². The Bertz CT molecular complexity index is 282. The molecule has 0 bridgehead atoms. The van der Waals surface area contributed by atoms with Crippen molar-refractivity contribution >= 4 is 5.57 Å². The SMILES string of the molecule is C/C=C(/C)c1cn(C)nc1C. The van der Waals surface area contributed by atoms with E-state index in [1.807, 2.05) is 31.8 Å². The van der Waals surface area contributed by atoms with Crippen LogP contribution in [0.15, 0.2) is 12.3 Å². The number of rotatable bonds is 1. The molecule has 2 heteroatoms. The highest BCUT2D eigenvalue weighted by atomic mass is 15.2. The lowest BCUT2D eigenvalue weighted by molar-refractivity contribution is 0.756. The molecule has 11 heavy (non-hydrogen) atoms. The molecule has 0 aliphatic heterocycles. The standard InChI is InChI=1S/C9H14N2/c1-5-7(2)9-6-11(4)10-8(9)3/h5-6H,1-4H3/b7-5-. The Morgan fingerprint density at radius 3 is 2.64 bits per heavy atom. The summed E-state index contributed by atoms with van der Waals surface area (Å²) in [5, 5.41) is 4.26. The summed E-state index contributed by atoms with van der Waals surface area (Å²) < 4.78 is 1.84. The van der Waals surface area contributed by atoms with Crippen LogP contribution in [0.25, 0.3) is 5.57 Å². The van der Waals surface area contributed by atoms with Gasteiger partial charge in [-0.1, -0.05) is 6.08 Å². The van der Waals surface area contributed by atoms with Gasteiger partial charge in [0.1, 0.15) is 0 Å². The maximum absolute atomic E-state index is 4.26. The van der Waals surface area contributed by atoms with Crippen molar-refractivity contribution in [1.29, 1.82) is 0 Å². The summed E-state index contributed by atoms with van der Waals surface area (Å²) >= 11 is 0. The fourth-order valence-electron chi connectivity index (χ4n) is 1.14. The number of aryl methyl sites for hydroxylation is 2. The first-order valence-corrected chi connectivity index (χ1v) is 3.78. The second-order valence-corrected chi connectivity index (χ2v) is 2.77. The molecule has 0 fully saturated rings. The van der Waals surface area contributed by atoms with Crippen LogP contribution in [0, 0.1) is 6.92 Å². The van der Waals surface area contributed by atoms with E-state index in [0.717, 1.165) is 5.69 Å². The number of aromatic nitrogens is 2. The summed E-state index contributed by atoms with van der Waals surface area (Å²) in [6.45, 7) is 6.17. The lowest BCUT2D eigenvalue weighted by atomic mass is 10.1. The van der Waals surface area contributed by atoms with Crippen LogP contribution in [0.3, 0.4) is 0 Å². The molecule has 0 atom stereocenters. The van der Waals surface area contributed by atoms with E-state index in [0.29, 0.717) is 0 Å². The minimum absolute atomic E-state index is 1.10. The van der Waals surface area contributed by atoms with Gasteiger partial charge < -0.3 is 0 Å². The average molecular weight is 150 g/mol. The number of allylic oxidation sites excluding steroid dienone is 2. The second kappa shape index (κ2) is 2.91. The minimum atomic E-state index is 1.10. The zero-order chi connectivity index (χ0) is 8.43. The molecule has 0 spiro atoms. The fraction of sp³-hybridized carbons (Fsp3) is 0.444. The second-order valence-electron chi connectivity index (χ2n) is 2.77. The maximum atomic E-state index is 4.26. The fourth-order valence-corrected chi connectivity index (χ4v) is 1.14. The Labute approximate surface area is 67.5 Å². The van der Waals surface area contributed by atoms with Gasteiger partial charge in [-0.3, -0.25) is 4.68 Å². The summed E-state index contributed by atoms with van der Waals surface area (Å²) in [6, 6.07) is 0. The van der Waals surface area contributed by atoms with Gasteiger partial charge in [0.15, 0.2) is 0 Å². The summed E-state index contributed by atoms with van der Waals surface area (Å²) in [6.07, 6.45) is 4.15. The van der Waals surface area contributed by atoms with Crippen molar-refractivity contribution in [2.45, 2.75) is 20.8 Å². The molecule has 0 unspecified atom stereocenters. The van der Waals surface area contributed by atoms with Crippen LogP contribution >= 0.6 is 0 Å². The van der Waals surface area contributed by atoms with Gasteiger partial charge in [-0.15, -0.1) is 0 Å². The Balaban J connectivity index is 3.13. The number of nitrogens with zero attached hydrogens (tertiary/aromatic N) is 2. The summed E-state index contributed by atoms with van der Waals surface area (Å²) in [4.78, 5) is 0. The quantitative estimate of drug-likeness (QED) is 0.599. The number of hydrogen-bond acceptors (Lipinski definition) is 1. The Morgan fingerprint density at radius 2 is 2.27 bits per heavy atom. The van der Waals surface area contributed by atoms with Crippen molar-refractivity contribution in [3.05, 3.63) is 23.5 Å². The molecule has 1 heterocycles. The molecule has 0 saturated heterocycles. The smallest absolute Gasteiger partial charge is 0.0668 e. The average Bonchev–Trinajstić information content (AvgIpc) is 2.28. The molecule has 0 aromatic carbocycles. The van der Waals surface area contributed by atoms with Gasteiger partial charge in [0.25, 0.3) is 0 Å². The van der Waals surface area contributed by atoms with Crippen LogP contribution in [-0.2, 0) is 7.05 Å². The molecule has 2 nitrogen and oxygen atoms in total. The topological polar surface area (TPSA) is 17.8 Å². The molecule has 1 rings (SSSR count). The molecule has 0 amide bonds. The zero-order valence-corrected chi connectivity index (χ0v) is 7.55. The van der Waals surface area contributed by atoms with Crippen LogP contribution < -0.4 is 0 Å².